The van der Waals surface area contributed by atoms with E-state index in [0.717, 1.165) is 50.0 Å². The highest BCUT2D eigenvalue weighted by Gasteiger charge is 2.24. The molecule has 7 nitrogen and oxygen atoms in total. The first-order valence-electron chi connectivity index (χ1n) is 9.55. The van der Waals surface area contributed by atoms with Gasteiger partial charge in [0.05, 0.1) is 6.33 Å². The Kier molecular flexibility index (Phi) is 5.43. The number of piperidine rings is 1. The maximum atomic E-state index is 11.6. The number of benzene rings is 1. The van der Waals surface area contributed by atoms with Gasteiger partial charge in [0.15, 0.2) is 10.8 Å². The minimum absolute atomic E-state index is 0.395. The first-order valence-corrected chi connectivity index (χ1v) is 9.92. The molecule has 146 valence electrons. The topological polar surface area (TPSA) is 78.0 Å². The van der Waals surface area contributed by atoms with E-state index in [1.54, 1.807) is 11.2 Å². The highest BCUT2D eigenvalue weighted by Crippen LogP contribution is 2.27. The van der Waals surface area contributed by atoms with Gasteiger partial charge in [-0.2, -0.15) is 9.97 Å². The lowest BCUT2D eigenvalue weighted by molar-refractivity contribution is -0.107. The second kappa shape index (κ2) is 8.14. The van der Waals surface area contributed by atoms with Crippen LogP contribution in [0.3, 0.4) is 0 Å². The Morgan fingerprint density at radius 1 is 1.36 bits per heavy atom. The van der Waals surface area contributed by atoms with Crippen molar-refractivity contribution in [1.29, 1.82) is 0 Å². The molecule has 1 amide bonds. The van der Waals surface area contributed by atoms with Crippen LogP contribution in [0.1, 0.15) is 24.8 Å². The Morgan fingerprint density at radius 3 is 3.04 bits per heavy atom. The van der Waals surface area contributed by atoms with Crippen LogP contribution < -0.4 is 9.80 Å². The van der Waals surface area contributed by atoms with Crippen molar-refractivity contribution in [3.05, 3.63) is 41.3 Å². The number of fused-ring (bicyclic) bond motifs is 1. The van der Waals surface area contributed by atoms with Crippen LogP contribution in [0.5, 0.6) is 0 Å². The molecule has 1 aliphatic rings. The number of aromatic nitrogens is 4. The highest BCUT2D eigenvalue weighted by molar-refractivity contribution is 6.33. The number of rotatable bonds is 6. The normalized spacial score (nSPS) is 17.1. The summed E-state index contributed by atoms with van der Waals surface area (Å²) in [4.78, 5) is 31.8. The number of carbonyl (C=O) groups excluding carboxylic acids is 1. The molecular formula is C20H23ClN6O. The van der Waals surface area contributed by atoms with E-state index in [1.165, 1.54) is 0 Å². The zero-order chi connectivity index (χ0) is 19.5. The Balaban J connectivity index is 1.43. The van der Waals surface area contributed by atoms with Crippen molar-refractivity contribution >= 4 is 40.8 Å². The summed E-state index contributed by atoms with van der Waals surface area (Å²) in [7, 11) is 0. The number of nitrogens with one attached hydrogen (secondary N) is 1. The van der Waals surface area contributed by atoms with Crippen LogP contribution in [0.4, 0.5) is 11.6 Å². The monoisotopic (exact) mass is 398 g/mol. The van der Waals surface area contributed by atoms with Crippen molar-refractivity contribution < 1.29 is 4.79 Å². The Labute approximate surface area is 168 Å². The van der Waals surface area contributed by atoms with Gasteiger partial charge in [-0.1, -0.05) is 29.8 Å². The van der Waals surface area contributed by atoms with Gasteiger partial charge in [-0.3, -0.25) is 4.79 Å². The van der Waals surface area contributed by atoms with Crippen molar-refractivity contribution in [2.75, 3.05) is 29.4 Å². The van der Waals surface area contributed by atoms with E-state index in [-0.39, 0.29) is 0 Å². The van der Waals surface area contributed by atoms with Gasteiger partial charge < -0.3 is 14.8 Å². The molecule has 4 rings (SSSR count). The van der Waals surface area contributed by atoms with Gasteiger partial charge >= 0.3 is 0 Å². The van der Waals surface area contributed by atoms with E-state index in [4.69, 9.17) is 11.6 Å². The van der Waals surface area contributed by atoms with Crippen molar-refractivity contribution in [2.45, 2.75) is 26.2 Å². The number of hydrogen-bond acceptors (Lipinski definition) is 5. The second-order valence-corrected chi connectivity index (χ2v) is 7.60. The number of H-pyrrole nitrogens is 1. The Bertz CT molecular complexity index is 974. The van der Waals surface area contributed by atoms with Crippen molar-refractivity contribution in [3.8, 4) is 0 Å². The zero-order valence-electron chi connectivity index (χ0n) is 15.8. The average Bonchev–Trinajstić information content (AvgIpc) is 3.19. The van der Waals surface area contributed by atoms with E-state index in [9.17, 15) is 4.79 Å². The Morgan fingerprint density at radius 2 is 2.21 bits per heavy atom. The lowest BCUT2D eigenvalue weighted by Crippen LogP contribution is -2.38. The van der Waals surface area contributed by atoms with Gasteiger partial charge in [0.2, 0.25) is 12.4 Å². The molecule has 2 aromatic heterocycles. The number of imidazole rings is 1. The highest BCUT2D eigenvalue weighted by atomic mass is 35.5. The van der Waals surface area contributed by atoms with Crippen molar-refractivity contribution in [1.82, 2.24) is 19.9 Å². The molecule has 1 fully saturated rings. The number of aromatic amines is 1. The maximum absolute atomic E-state index is 11.6. The van der Waals surface area contributed by atoms with Crippen LogP contribution in [0.2, 0.25) is 5.15 Å². The lowest BCUT2D eigenvalue weighted by atomic mass is 9.94. The average molecular weight is 399 g/mol. The van der Waals surface area contributed by atoms with E-state index >= 15 is 0 Å². The minimum atomic E-state index is 0.395. The fourth-order valence-electron chi connectivity index (χ4n) is 3.85. The first kappa shape index (κ1) is 18.7. The van der Waals surface area contributed by atoms with Crippen LogP contribution >= 0.6 is 11.6 Å². The molecule has 0 spiro atoms. The third kappa shape index (κ3) is 3.80. The standard InChI is InChI=1S/C20H23ClN6O/c1-14-5-2-3-7-16(14)27(13-28)10-8-15-6-4-9-26(11-15)20-24-18(21)17-19(25-20)23-12-22-17/h2-3,5,7,12-13,15H,4,6,8-11H2,1H3,(H,22,23,24,25). The lowest BCUT2D eigenvalue weighted by Gasteiger charge is -2.33. The SMILES string of the molecule is Cc1ccccc1N(C=O)CCC1CCCN(c2nc(Cl)c3[nH]cnc3n2)C1. The van der Waals surface area contributed by atoms with E-state index < -0.39 is 0 Å². The summed E-state index contributed by atoms with van der Waals surface area (Å²) >= 11 is 6.27. The molecule has 3 aromatic rings. The van der Waals surface area contributed by atoms with Gasteiger partial charge in [-0.15, -0.1) is 0 Å². The van der Waals surface area contributed by atoms with Gasteiger partial charge in [0.25, 0.3) is 0 Å². The van der Waals surface area contributed by atoms with Crippen molar-refractivity contribution in [3.63, 3.8) is 0 Å². The number of nitrogens with zero attached hydrogens (tertiary/aromatic N) is 5. The van der Waals surface area contributed by atoms with Gasteiger partial charge in [0.1, 0.15) is 5.52 Å². The molecule has 1 atom stereocenters. The van der Waals surface area contributed by atoms with Crippen LogP contribution in [0, 0.1) is 12.8 Å². The predicted octanol–water partition coefficient (Wildman–Crippen LogP) is 3.58. The number of amides is 1. The third-order valence-electron chi connectivity index (χ3n) is 5.36. The summed E-state index contributed by atoms with van der Waals surface area (Å²) in [5, 5.41) is 0.395. The molecule has 8 heteroatoms. The summed E-state index contributed by atoms with van der Waals surface area (Å²) in [5.41, 5.74) is 3.34. The zero-order valence-corrected chi connectivity index (χ0v) is 16.6. The molecule has 0 aliphatic carbocycles. The molecule has 0 bridgehead atoms. The maximum Gasteiger partial charge on any atom is 0.228 e. The molecule has 0 radical (unpaired) electrons. The summed E-state index contributed by atoms with van der Waals surface area (Å²) in [6, 6.07) is 7.97. The molecular weight excluding hydrogens is 376 g/mol. The first-order chi connectivity index (χ1) is 13.7. The van der Waals surface area contributed by atoms with Gasteiger partial charge in [-0.05, 0) is 43.7 Å². The van der Waals surface area contributed by atoms with E-state index in [2.05, 4.69) is 24.8 Å². The summed E-state index contributed by atoms with van der Waals surface area (Å²) in [5.74, 6) is 1.10. The summed E-state index contributed by atoms with van der Waals surface area (Å²) < 4.78 is 0. The van der Waals surface area contributed by atoms with Crippen LogP contribution in [0.25, 0.3) is 11.2 Å². The number of hydrogen-bond donors (Lipinski definition) is 1. The molecule has 1 saturated heterocycles. The number of halogens is 1. The second-order valence-electron chi connectivity index (χ2n) is 7.24. The largest absolute Gasteiger partial charge is 0.341 e. The van der Waals surface area contributed by atoms with Crippen LogP contribution in [-0.2, 0) is 4.79 Å². The fraction of sp³-hybridized carbons (Fsp3) is 0.400. The third-order valence-corrected chi connectivity index (χ3v) is 5.64. The molecule has 1 aliphatic heterocycles. The summed E-state index contributed by atoms with van der Waals surface area (Å²) in [6.07, 6.45) is 5.64. The number of para-hydroxylation sites is 1. The minimum Gasteiger partial charge on any atom is -0.341 e. The number of carbonyl (C=O) groups is 1. The quantitative estimate of drug-likeness (QED) is 0.507. The van der Waals surface area contributed by atoms with Crippen LogP contribution in [0.15, 0.2) is 30.6 Å². The van der Waals surface area contributed by atoms with Gasteiger partial charge in [0, 0.05) is 25.3 Å². The molecule has 3 heterocycles. The molecule has 28 heavy (non-hydrogen) atoms. The Hall–Kier alpha value is -2.67. The van der Waals surface area contributed by atoms with E-state index in [1.807, 2.05) is 31.2 Å². The number of aryl methyl sites for hydroxylation is 1. The van der Waals surface area contributed by atoms with Crippen molar-refractivity contribution in [2.24, 2.45) is 5.92 Å². The molecule has 1 unspecified atom stereocenters. The fourth-order valence-corrected chi connectivity index (χ4v) is 4.06. The molecule has 1 aromatic carbocycles. The smallest absolute Gasteiger partial charge is 0.228 e. The predicted molar refractivity (Wildman–Crippen MR) is 111 cm³/mol. The van der Waals surface area contributed by atoms with E-state index in [0.29, 0.717) is 34.7 Å². The number of anilines is 2. The summed E-state index contributed by atoms with van der Waals surface area (Å²) in [6.45, 7) is 4.48. The van der Waals surface area contributed by atoms with Crippen LogP contribution in [-0.4, -0.2) is 46.0 Å². The molecule has 0 saturated carbocycles. The van der Waals surface area contributed by atoms with Gasteiger partial charge in [-0.25, -0.2) is 4.98 Å². The molecule has 1 N–H and O–H groups in total.